The molecule has 1 aromatic rings. The van der Waals surface area contributed by atoms with Crippen molar-refractivity contribution in [3.63, 3.8) is 0 Å². The number of halogens is 1. The van der Waals surface area contributed by atoms with Crippen molar-refractivity contribution in [3.05, 3.63) is 35.1 Å². The predicted molar refractivity (Wildman–Crippen MR) is 78.4 cm³/mol. The summed E-state index contributed by atoms with van der Waals surface area (Å²) in [6.07, 6.45) is 2.24. The van der Waals surface area contributed by atoms with Gasteiger partial charge in [0.25, 0.3) is 0 Å². The van der Waals surface area contributed by atoms with Gasteiger partial charge < -0.3 is 5.11 Å². The van der Waals surface area contributed by atoms with Gasteiger partial charge in [-0.25, -0.2) is 9.18 Å². The van der Waals surface area contributed by atoms with Crippen molar-refractivity contribution in [1.29, 1.82) is 0 Å². The van der Waals surface area contributed by atoms with Gasteiger partial charge in [-0.15, -0.1) is 0 Å². The van der Waals surface area contributed by atoms with Gasteiger partial charge in [-0.2, -0.15) is 0 Å². The second-order valence-corrected chi connectivity index (χ2v) is 5.12. The maximum Gasteiger partial charge on any atom is 0.335 e. The molecule has 1 N–H and O–H groups in total. The van der Waals surface area contributed by atoms with Crippen LogP contribution in [0.25, 0.3) is 0 Å². The number of benzene rings is 1. The smallest absolute Gasteiger partial charge is 0.335 e. The molecule has 0 saturated carbocycles. The van der Waals surface area contributed by atoms with E-state index in [2.05, 4.69) is 25.7 Å². The number of carbonyl (C=O) groups is 1. The Hall–Kier alpha value is -1.42. The maximum atomic E-state index is 13.9. The molecule has 0 bridgehead atoms. The van der Waals surface area contributed by atoms with E-state index in [-0.39, 0.29) is 5.56 Å². The SMILES string of the molecule is CCC(CC)CN(CC)Cc1ccc(C(=O)O)cc1F. The Morgan fingerprint density at radius 1 is 1.30 bits per heavy atom. The van der Waals surface area contributed by atoms with Gasteiger partial charge in [0.2, 0.25) is 0 Å². The van der Waals surface area contributed by atoms with Crippen molar-refractivity contribution in [2.45, 2.75) is 40.2 Å². The van der Waals surface area contributed by atoms with Crippen molar-refractivity contribution in [1.82, 2.24) is 4.90 Å². The summed E-state index contributed by atoms with van der Waals surface area (Å²) in [6, 6.07) is 4.14. The highest BCUT2D eigenvalue weighted by atomic mass is 19.1. The first-order valence-electron chi connectivity index (χ1n) is 7.25. The Bertz CT molecular complexity index is 444. The summed E-state index contributed by atoms with van der Waals surface area (Å²) in [5.41, 5.74) is 0.553. The third kappa shape index (κ3) is 4.60. The quantitative estimate of drug-likeness (QED) is 0.788. The lowest BCUT2D eigenvalue weighted by atomic mass is 10.0. The Balaban J connectivity index is 2.77. The highest BCUT2D eigenvalue weighted by Gasteiger charge is 2.14. The molecule has 0 unspecified atom stereocenters. The van der Waals surface area contributed by atoms with Gasteiger partial charge in [0.05, 0.1) is 5.56 Å². The molecule has 4 heteroatoms. The predicted octanol–water partition coefficient (Wildman–Crippen LogP) is 3.78. The fourth-order valence-electron chi connectivity index (χ4n) is 2.27. The Kier molecular flexibility index (Phi) is 6.65. The second kappa shape index (κ2) is 8.00. The molecule has 0 saturated heterocycles. The Labute approximate surface area is 120 Å². The van der Waals surface area contributed by atoms with Crippen LogP contribution in [0.5, 0.6) is 0 Å². The van der Waals surface area contributed by atoms with Crippen LogP contribution in [0.4, 0.5) is 4.39 Å². The average Bonchev–Trinajstić information content (AvgIpc) is 2.44. The Morgan fingerprint density at radius 3 is 2.40 bits per heavy atom. The summed E-state index contributed by atoms with van der Waals surface area (Å²) in [5, 5.41) is 8.83. The molecule has 0 heterocycles. The molecule has 0 spiro atoms. The number of nitrogens with zero attached hydrogens (tertiary/aromatic N) is 1. The number of hydrogen-bond donors (Lipinski definition) is 1. The first-order chi connectivity index (χ1) is 9.51. The van der Waals surface area contributed by atoms with Crippen LogP contribution in [0.2, 0.25) is 0 Å². The van der Waals surface area contributed by atoms with E-state index in [1.165, 1.54) is 6.07 Å². The van der Waals surface area contributed by atoms with Crippen LogP contribution >= 0.6 is 0 Å². The third-order valence-electron chi connectivity index (χ3n) is 3.81. The van der Waals surface area contributed by atoms with Crippen LogP contribution < -0.4 is 0 Å². The molecule has 0 aliphatic rings. The molecule has 0 fully saturated rings. The lowest BCUT2D eigenvalue weighted by molar-refractivity contribution is 0.0696. The molecule has 1 rings (SSSR count). The molecule has 20 heavy (non-hydrogen) atoms. The van der Waals surface area contributed by atoms with Crippen LogP contribution in [-0.2, 0) is 6.54 Å². The zero-order valence-electron chi connectivity index (χ0n) is 12.5. The normalized spacial score (nSPS) is 11.3. The molecule has 3 nitrogen and oxygen atoms in total. The van der Waals surface area contributed by atoms with Gasteiger partial charge in [0.15, 0.2) is 0 Å². The van der Waals surface area contributed by atoms with Crippen LogP contribution in [0, 0.1) is 11.7 Å². The minimum absolute atomic E-state index is 0.00529. The summed E-state index contributed by atoms with van der Waals surface area (Å²) in [7, 11) is 0. The fourth-order valence-corrected chi connectivity index (χ4v) is 2.27. The number of rotatable bonds is 8. The average molecular weight is 281 g/mol. The van der Waals surface area contributed by atoms with Crippen LogP contribution in [0.15, 0.2) is 18.2 Å². The van der Waals surface area contributed by atoms with Crippen LogP contribution in [0.3, 0.4) is 0 Å². The largest absolute Gasteiger partial charge is 0.478 e. The fraction of sp³-hybridized carbons (Fsp3) is 0.562. The molecule has 0 atom stereocenters. The maximum absolute atomic E-state index is 13.9. The number of carboxylic acids is 1. The van der Waals surface area contributed by atoms with Crippen molar-refractivity contribution < 1.29 is 14.3 Å². The van der Waals surface area contributed by atoms with Crippen LogP contribution in [0.1, 0.15) is 49.5 Å². The van der Waals surface area contributed by atoms with Crippen molar-refractivity contribution in [2.75, 3.05) is 13.1 Å². The standard InChI is InChI=1S/C16H24FNO2/c1-4-12(5-2)10-18(6-3)11-14-8-7-13(16(19)20)9-15(14)17/h7-9,12H,4-6,10-11H2,1-3H3,(H,19,20). The first kappa shape index (κ1) is 16.6. The third-order valence-corrected chi connectivity index (χ3v) is 3.81. The Morgan fingerprint density at radius 2 is 1.95 bits per heavy atom. The minimum Gasteiger partial charge on any atom is -0.478 e. The van der Waals surface area contributed by atoms with Gasteiger partial charge >= 0.3 is 5.97 Å². The molecule has 0 amide bonds. The van der Waals surface area contributed by atoms with Gasteiger partial charge in [-0.05, 0) is 24.6 Å². The number of aromatic carboxylic acids is 1. The molecule has 112 valence electrons. The van der Waals surface area contributed by atoms with E-state index in [1.54, 1.807) is 6.07 Å². The molecule has 1 aromatic carbocycles. The number of hydrogen-bond acceptors (Lipinski definition) is 2. The van der Waals surface area contributed by atoms with Gasteiger partial charge in [0.1, 0.15) is 5.82 Å². The van der Waals surface area contributed by atoms with Gasteiger partial charge in [-0.3, -0.25) is 4.90 Å². The summed E-state index contributed by atoms with van der Waals surface area (Å²) in [6.45, 7) is 8.74. The van der Waals surface area contributed by atoms with Crippen molar-refractivity contribution in [3.8, 4) is 0 Å². The van der Waals surface area contributed by atoms with E-state index in [9.17, 15) is 9.18 Å². The second-order valence-electron chi connectivity index (χ2n) is 5.12. The van der Waals surface area contributed by atoms with Crippen molar-refractivity contribution >= 4 is 5.97 Å². The summed E-state index contributed by atoms with van der Waals surface area (Å²) < 4.78 is 13.9. The van der Waals surface area contributed by atoms with Gasteiger partial charge in [-0.1, -0.05) is 39.7 Å². The zero-order valence-corrected chi connectivity index (χ0v) is 12.5. The van der Waals surface area contributed by atoms with E-state index in [4.69, 9.17) is 5.11 Å². The zero-order chi connectivity index (χ0) is 15.1. The molecule has 0 radical (unpaired) electrons. The lowest BCUT2D eigenvalue weighted by Gasteiger charge is -2.25. The molecule has 0 aromatic heterocycles. The van der Waals surface area contributed by atoms with E-state index in [0.29, 0.717) is 18.0 Å². The summed E-state index contributed by atoms with van der Waals surface area (Å²) in [4.78, 5) is 13.0. The molecule has 0 aliphatic carbocycles. The summed E-state index contributed by atoms with van der Waals surface area (Å²) >= 11 is 0. The monoisotopic (exact) mass is 281 g/mol. The van der Waals surface area contributed by atoms with E-state index < -0.39 is 11.8 Å². The topological polar surface area (TPSA) is 40.5 Å². The highest BCUT2D eigenvalue weighted by molar-refractivity contribution is 5.87. The van der Waals surface area contributed by atoms with E-state index in [0.717, 1.165) is 32.0 Å². The summed E-state index contributed by atoms with van der Waals surface area (Å²) in [5.74, 6) is -0.913. The minimum atomic E-state index is -1.10. The highest BCUT2D eigenvalue weighted by Crippen LogP contribution is 2.16. The lowest BCUT2D eigenvalue weighted by Crippen LogP contribution is -2.29. The van der Waals surface area contributed by atoms with Crippen LogP contribution in [-0.4, -0.2) is 29.1 Å². The van der Waals surface area contributed by atoms with E-state index >= 15 is 0 Å². The van der Waals surface area contributed by atoms with Gasteiger partial charge in [0, 0.05) is 18.7 Å². The van der Waals surface area contributed by atoms with E-state index in [1.807, 2.05) is 0 Å². The number of carboxylic acid groups (broad SMARTS) is 1. The molecular weight excluding hydrogens is 257 g/mol. The van der Waals surface area contributed by atoms with Crippen molar-refractivity contribution in [2.24, 2.45) is 5.92 Å². The first-order valence-corrected chi connectivity index (χ1v) is 7.25. The molecule has 0 aliphatic heterocycles. The molecular formula is C16H24FNO2.